The summed E-state index contributed by atoms with van der Waals surface area (Å²) < 4.78 is 0. The van der Waals surface area contributed by atoms with Crippen LogP contribution < -0.4 is 0 Å². The summed E-state index contributed by atoms with van der Waals surface area (Å²) in [6, 6.07) is 0. The number of aliphatic hydroxyl groups is 1. The van der Waals surface area contributed by atoms with E-state index in [4.69, 9.17) is 0 Å². The molecule has 0 aromatic carbocycles. The van der Waals surface area contributed by atoms with E-state index in [1.807, 2.05) is 0 Å². The van der Waals surface area contributed by atoms with Crippen LogP contribution in [0.15, 0.2) is 11.6 Å². The molecule has 4 saturated carbocycles. The minimum Gasteiger partial charge on any atom is -0.393 e. The van der Waals surface area contributed by atoms with Gasteiger partial charge < -0.3 is 5.11 Å². The van der Waals surface area contributed by atoms with Crippen LogP contribution >= 0.6 is 0 Å². The third-order valence-corrected chi connectivity index (χ3v) is 8.83. The monoisotopic (exact) mass is 302 g/mol. The smallest absolute Gasteiger partial charge is 0.0543 e. The molecular formula is C21H34O. The Morgan fingerprint density at radius 3 is 2.59 bits per heavy atom. The van der Waals surface area contributed by atoms with Crippen molar-refractivity contribution in [3.8, 4) is 0 Å². The summed E-state index contributed by atoms with van der Waals surface area (Å²) in [5, 5.41) is 10.1. The van der Waals surface area contributed by atoms with Crippen molar-refractivity contribution in [2.75, 3.05) is 0 Å². The van der Waals surface area contributed by atoms with Crippen molar-refractivity contribution >= 4 is 0 Å². The summed E-state index contributed by atoms with van der Waals surface area (Å²) in [5.74, 6) is 3.65. The molecule has 0 bridgehead atoms. The predicted octanol–water partition coefficient (Wildman–Crippen LogP) is 5.34. The Morgan fingerprint density at radius 1 is 1.00 bits per heavy atom. The quantitative estimate of drug-likeness (QED) is 0.599. The van der Waals surface area contributed by atoms with E-state index in [1.54, 1.807) is 5.57 Å². The van der Waals surface area contributed by atoms with Crippen LogP contribution in [0, 0.1) is 34.5 Å². The molecule has 7 atom stereocenters. The molecule has 0 spiro atoms. The van der Waals surface area contributed by atoms with E-state index in [0.29, 0.717) is 10.8 Å². The zero-order valence-corrected chi connectivity index (χ0v) is 14.8. The summed E-state index contributed by atoms with van der Waals surface area (Å²) in [4.78, 5) is 0. The van der Waals surface area contributed by atoms with Gasteiger partial charge in [0.15, 0.2) is 0 Å². The highest BCUT2D eigenvalue weighted by molar-refractivity contribution is 5.23. The predicted molar refractivity (Wildman–Crippen MR) is 91.5 cm³/mol. The van der Waals surface area contributed by atoms with Gasteiger partial charge in [-0.05, 0) is 99.2 Å². The highest BCUT2D eigenvalue weighted by atomic mass is 16.3. The van der Waals surface area contributed by atoms with Gasteiger partial charge in [0.05, 0.1) is 6.10 Å². The Hall–Kier alpha value is -0.300. The fourth-order valence-corrected chi connectivity index (χ4v) is 7.56. The van der Waals surface area contributed by atoms with Gasteiger partial charge in [0, 0.05) is 0 Å². The lowest BCUT2D eigenvalue weighted by Gasteiger charge is -2.60. The molecule has 124 valence electrons. The van der Waals surface area contributed by atoms with Crippen molar-refractivity contribution in [1.29, 1.82) is 0 Å². The SMILES string of the molecule is CC=C1CC[C@H]2[C@@H]3CCC4CC(O)CC[C@]4(C)[C@H]3CC[C@]12C. The third-order valence-electron chi connectivity index (χ3n) is 8.83. The molecule has 0 aromatic heterocycles. The van der Waals surface area contributed by atoms with Crippen LogP contribution in [0.5, 0.6) is 0 Å². The van der Waals surface area contributed by atoms with Gasteiger partial charge in [-0.1, -0.05) is 25.5 Å². The van der Waals surface area contributed by atoms with Crippen LogP contribution in [0.1, 0.15) is 78.6 Å². The van der Waals surface area contributed by atoms with Crippen LogP contribution in [0.2, 0.25) is 0 Å². The van der Waals surface area contributed by atoms with E-state index in [2.05, 4.69) is 26.8 Å². The molecule has 1 heteroatoms. The van der Waals surface area contributed by atoms with Crippen molar-refractivity contribution in [3.63, 3.8) is 0 Å². The maximum absolute atomic E-state index is 10.1. The van der Waals surface area contributed by atoms with E-state index in [1.165, 1.54) is 44.9 Å². The van der Waals surface area contributed by atoms with Crippen molar-refractivity contribution in [3.05, 3.63) is 11.6 Å². The zero-order valence-electron chi connectivity index (χ0n) is 14.8. The average molecular weight is 303 g/mol. The topological polar surface area (TPSA) is 20.2 Å². The van der Waals surface area contributed by atoms with E-state index in [9.17, 15) is 5.11 Å². The largest absolute Gasteiger partial charge is 0.393 e. The molecule has 0 radical (unpaired) electrons. The zero-order chi connectivity index (χ0) is 15.5. The first-order valence-electron chi connectivity index (χ1n) is 9.83. The van der Waals surface area contributed by atoms with Crippen molar-refractivity contribution in [2.45, 2.75) is 84.7 Å². The van der Waals surface area contributed by atoms with Gasteiger partial charge >= 0.3 is 0 Å². The third kappa shape index (κ3) is 1.93. The first-order chi connectivity index (χ1) is 10.5. The Labute approximate surface area is 136 Å². The Kier molecular flexibility index (Phi) is 3.53. The van der Waals surface area contributed by atoms with Gasteiger partial charge in [-0.15, -0.1) is 0 Å². The van der Waals surface area contributed by atoms with E-state index < -0.39 is 0 Å². The van der Waals surface area contributed by atoms with Crippen LogP contribution in [0.3, 0.4) is 0 Å². The highest BCUT2D eigenvalue weighted by Gasteiger charge is 2.58. The summed E-state index contributed by atoms with van der Waals surface area (Å²) >= 11 is 0. The minimum absolute atomic E-state index is 0.00964. The van der Waals surface area contributed by atoms with Gasteiger partial charge in [-0.2, -0.15) is 0 Å². The first-order valence-corrected chi connectivity index (χ1v) is 9.83. The standard InChI is InChI=1S/C21H34O/c1-4-14-6-8-18-17-7-5-15-13-16(22)9-11-21(15,3)19(17)10-12-20(14,18)2/h4,15-19,22H,5-13H2,1-3H3/t15?,16?,17-,18-,19-,20+,21-/m0/s1. The maximum Gasteiger partial charge on any atom is 0.0543 e. The van der Waals surface area contributed by atoms with Gasteiger partial charge in [-0.3, -0.25) is 0 Å². The van der Waals surface area contributed by atoms with E-state index in [-0.39, 0.29) is 6.10 Å². The fourth-order valence-electron chi connectivity index (χ4n) is 7.56. The van der Waals surface area contributed by atoms with Crippen LogP contribution in [-0.4, -0.2) is 11.2 Å². The molecule has 4 aliphatic carbocycles. The molecule has 0 aromatic rings. The highest BCUT2D eigenvalue weighted by Crippen LogP contribution is 2.67. The number of rotatable bonds is 0. The van der Waals surface area contributed by atoms with E-state index in [0.717, 1.165) is 36.5 Å². The van der Waals surface area contributed by atoms with Gasteiger partial charge in [0.1, 0.15) is 0 Å². The van der Waals surface area contributed by atoms with Crippen molar-refractivity contribution < 1.29 is 5.11 Å². The molecule has 2 unspecified atom stereocenters. The van der Waals surface area contributed by atoms with Gasteiger partial charge in [0.2, 0.25) is 0 Å². The number of allylic oxidation sites excluding steroid dienone is 2. The first kappa shape index (κ1) is 15.2. The number of hydrogen-bond acceptors (Lipinski definition) is 1. The van der Waals surface area contributed by atoms with Crippen LogP contribution in [-0.2, 0) is 0 Å². The second-order valence-electron chi connectivity index (χ2n) is 9.39. The number of fused-ring (bicyclic) bond motifs is 5. The Morgan fingerprint density at radius 2 is 1.82 bits per heavy atom. The fraction of sp³-hybridized carbons (Fsp3) is 0.905. The molecule has 0 heterocycles. The van der Waals surface area contributed by atoms with Crippen molar-refractivity contribution in [2.24, 2.45) is 34.5 Å². The number of hydrogen-bond donors (Lipinski definition) is 1. The normalized spacial score (nSPS) is 56.4. The van der Waals surface area contributed by atoms with Gasteiger partial charge in [-0.25, -0.2) is 0 Å². The lowest BCUT2D eigenvalue weighted by atomic mass is 9.45. The summed E-state index contributed by atoms with van der Waals surface area (Å²) in [5.41, 5.74) is 2.82. The lowest BCUT2D eigenvalue weighted by molar-refractivity contribution is -0.116. The second-order valence-corrected chi connectivity index (χ2v) is 9.39. The van der Waals surface area contributed by atoms with Crippen LogP contribution in [0.4, 0.5) is 0 Å². The summed E-state index contributed by atoms with van der Waals surface area (Å²) in [6.07, 6.45) is 14.3. The second kappa shape index (κ2) is 5.10. The van der Waals surface area contributed by atoms with E-state index >= 15 is 0 Å². The number of aliphatic hydroxyl groups excluding tert-OH is 1. The molecule has 4 rings (SSSR count). The molecule has 4 aliphatic rings. The lowest BCUT2D eigenvalue weighted by Crippen LogP contribution is -2.53. The Bertz CT molecular complexity index is 480. The van der Waals surface area contributed by atoms with Crippen molar-refractivity contribution in [1.82, 2.24) is 0 Å². The summed E-state index contributed by atoms with van der Waals surface area (Å²) in [7, 11) is 0. The van der Waals surface area contributed by atoms with Crippen LogP contribution in [0.25, 0.3) is 0 Å². The summed E-state index contributed by atoms with van der Waals surface area (Å²) in [6.45, 7) is 7.43. The molecular weight excluding hydrogens is 268 g/mol. The van der Waals surface area contributed by atoms with Gasteiger partial charge in [0.25, 0.3) is 0 Å². The Balaban J connectivity index is 1.63. The molecule has 1 nitrogen and oxygen atoms in total. The molecule has 4 fully saturated rings. The molecule has 1 N–H and O–H groups in total. The maximum atomic E-state index is 10.1. The molecule has 0 aliphatic heterocycles. The molecule has 22 heavy (non-hydrogen) atoms. The average Bonchev–Trinajstić information content (AvgIpc) is 2.84. The minimum atomic E-state index is -0.00964. The molecule has 0 saturated heterocycles. The molecule has 0 amide bonds.